The molecular formula is C11H31N3. The lowest BCUT2D eigenvalue weighted by Crippen LogP contribution is -1.95. The van der Waals surface area contributed by atoms with Crippen molar-refractivity contribution in [3.8, 4) is 0 Å². The van der Waals surface area contributed by atoms with Crippen molar-refractivity contribution in [1.29, 1.82) is 0 Å². The minimum atomic E-state index is 0.819. The van der Waals surface area contributed by atoms with Crippen molar-refractivity contribution in [1.82, 2.24) is 0 Å². The molecule has 0 aromatic rings. The fourth-order valence-electron chi connectivity index (χ4n) is 0.408. The summed E-state index contributed by atoms with van der Waals surface area (Å²) in [7, 11) is 0. The molecule has 0 spiro atoms. The molecule has 0 aliphatic rings. The van der Waals surface area contributed by atoms with Gasteiger partial charge >= 0.3 is 0 Å². The van der Waals surface area contributed by atoms with Crippen molar-refractivity contribution < 1.29 is 0 Å². The lowest BCUT2D eigenvalue weighted by molar-refractivity contribution is 0.807. The smallest absolute Gasteiger partial charge is 0.00774 e. The third kappa shape index (κ3) is 59.1. The Morgan fingerprint density at radius 2 is 0.857 bits per heavy atom. The van der Waals surface area contributed by atoms with E-state index in [0.717, 1.165) is 26.1 Å². The average Bonchev–Trinajstić information content (AvgIpc) is 2.22. The predicted molar refractivity (Wildman–Crippen MR) is 67.3 cm³/mol. The first-order valence-corrected chi connectivity index (χ1v) is 5.85. The maximum absolute atomic E-state index is 5.14. The molecule has 0 bridgehead atoms. The minimum Gasteiger partial charge on any atom is -0.330 e. The summed E-state index contributed by atoms with van der Waals surface area (Å²) in [6.07, 6.45) is 5.87. The van der Waals surface area contributed by atoms with Crippen LogP contribution in [0, 0.1) is 0 Å². The molecule has 0 rings (SSSR count). The van der Waals surface area contributed by atoms with Gasteiger partial charge < -0.3 is 17.2 Å². The Morgan fingerprint density at radius 3 is 0.857 bits per heavy atom. The van der Waals surface area contributed by atoms with Crippen LogP contribution in [0.4, 0.5) is 0 Å². The topological polar surface area (TPSA) is 78.1 Å². The first-order chi connectivity index (χ1) is 6.74. The van der Waals surface area contributed by atoms with Crippen molar-refractivity contribution in [3.63, 3.8) is 0 Å². The van der Waals surface area contributed by atoms with Crippen LogP contribution < -0.4 is 17.2 Å². The molecule has 0 aliphatic heterocycles. The van der Waals surface area contributed by atoms with E-state index in [0.29, 0.717) is 0 Å². The average molecular weight is 205 g/mol. The van der Waals surface area contributed by atoms with E-state index in [-0.39, 0.29) is 0 Å². The van der Waals surface area contributed by atoms with Gasteiger partial charge in [0.25, 0.3) is 0 Å². The fraction of sp³-hybridized carbons (Fsp3) is 1.00. The first-order valence-electron chi connectivity index (χ1n) is 5.85. The normalized spacial score (nSPS) is 8.14. The molecule has 6 N–H and O–H groups in total. The van der Waals surface area contributed by atoms with Crippen molar-refractivity contribution in [2.45, 2.75) is 52.9 Å². The van der Waals surface area contributed by atoms with Gasteiger partial charge in [0.1, 0.15) is 0 Å². The quantitative estimate of drug-likeness (QED) is 0.641. The summed E-state index contributed by atoms with van der Waals surface area (Å²) in [6, 6.07) is 0. The second kappa shape index (κ2) is 29.3. The largest absolute Gasteiger partial charge is 0.330 e. The lowest BCUT2D eigenvalue weighted by atomic mass is 10.3. The summed E-state index contributed by atoms with van der Waals surface area (Å²) >= 11 is 0. The SMILES string of the molecule is CCCCN.CCCCN.CCCN. The second-order valence-corrected chi connectivity index (χ2v) is 3.07. The highest BCUT2D eigenvalue weighted by Gasteiger charge is 1.68. The standard InChI is InChI=1S/2C4H11N.C3H9N/c2*1-2-3-4-5;1-2-3-4/h2*2-5H2,1H3;2-4H2,1H3. The molecular weight excluding hydrogens is 174 g/mol. The number of nitrogens with two attached hydrogens (primary N) is 3. The molecule has 0 aromatic heterocycles. The molecule has 0 saturated heterocycles. The van der Waals surface area contributed by atoms with Crippen LogP contribution in [0.2, 0.25) is 0 Å². The number of hydrogen-bond acceptors (Lipinski definition) is 3. The Bertz CT molecular complexity index is 46.5. The van der Waals surface area contributed by atoms with E-state index in [9.17, 15) is 0 Å². The predicted octanol–water partition coefficient (Wildman–Crippen LogP) is 1.85. The summed E-state index contributed by atoms with van der Waals surface area (Å²) in [5.74, 6) is 0. The van der Waals surface area contributed by atoms with Gasteiger partial charge in [-0.1, -0.05) is 33.6 Å². The maximum Gasteiger partial charge on any atom is -0.00774 e. The van der Waals surface area contributed by atoms with E-state index in [1.165, 1.54) is 25.7 Å². The third-order valence-corrected chi connectivity index (χ3v) is 1.40. The van der Waals surface area contributed by atoms with Crippen molar-refractivity contribution in [3.05, 3.63) is 0 Å². The summed E-state index contributed by atoms with van der Waals surface area (Å²) in [5.41, 5.74) is 15.3. The Balaban J connectivity index is -0.000000131. The monoisotopic (exact) mass is 205 g/mol. The summed E-state index contributed by atoms with van der Waals surface area (Å²) < 4.78 is 0. The molecule has 0 fully saturated rings. The van der Waals surface area contributed by atoms with Gasteiger partial charge in [-0.2, -0.15) is 0 Å². The number of hydrogen-bond donors (Lipinski definition) is 3. The third-order valence-electron chi connectivity index (χ3n) is 1.40. The van der Waals surface area contributed by atoms with Crippen LogP contribution in [0.3, 0.4) is 0 Å². The number of rotatable bonds is 5. The van der Waals surface area contributed by atoms with Crippen molar-refractivity contribution in [2.24, 2.45) is 17.2 Å². The molecule has 0 radical (unpaired) electrons. The molecule has 0 unspecified atom stereocenters. The molecule has 0 heterocycles. The van der Waals surface area contributed by atoms with Crippen LogP contribution in [0.15, 0.2) is 0 Å². The Labute approximate surface area is 90.4 Å². The molecule has 14 heavy (non-hydrogen) atoms. The lowest BCUT2D eigenvalue weighted by Gasteiger charge is -1.80. The number of unbranched alkanes of at least 4 members (excludes halogenated alkanes) is 2. The van der Waals surface area contributed by atoms with Gasteiger partial charge in [0.05, 0.1) is 0 Å². The van der Waals surface area contributed by atoms with Crippen LogP contribution in [0.25, 0.3) is 0 Å². The molecule has 0 atom stereocenters. The molecule has 0 aromatic carbocycles. The minimum absolute atomic E-state index is 0.819. The zero-order valence-electron chi connectivity index (χ0n) is 10.4. The Kier molecular flexibility index (Phi) is 40.7. The molecule has 3 heteroatoms. The second-order valence-electron chi connectivity index (χ2n) is 3.07. The van der Waals surface area contributed by atoms with Crippen LogP contribution in [-0.4, -0.2) is 19.6 Å². The summed E-state index contributed by atoms with van der Waals surface area (Å²) in [5, 5.41) is 0. The molecule has 90 valence electrons. The highest BCUT2D eigenvalue weighted by atomic mass is 14.5. The van der Waals surface area contributed by atoms with Gasteiger partial charge in [0, 0.05) is 0 Å². The first kappa shape index (κ1) is 19.5. The van der Waals surface area contributed by atoms with Gasteiger partial charge in [-0.3, -0.25) is 0 Å². The van der Waals surface area contributed by atoms with E-state index < -0.39 is 0 Å². The van der Waals surface area contributed by atoms with E-state index >= 15 is 0 Å². The van der Waals surface area contributed by atoms with Gasteiger partial charge in [0.2, 0.25) is 0 Å². The van der Waals surface area contributed by atoms with Crippen molar-refractivity contribution in [2.75, 3.05) is 19.6 Å². The maximum atomic E-state index is 5.14. The zero-order chi connectivity index (χ0) is 11.7. The van der Waals surface area contributed by atoms with Gasteiger partial charge in [-0.05, 0) is 38.9 Å². The van der Waals surface area contributed by atoms with Gasteiger partial charge in [0.15, 0.2) is 0 Å². The zero-order valence-corrected chi connectivity index (χ0v) is 10.4. The van der Waals surface area contributed by atoms with Gasteiger partial charge in [-0.25, -0.2) is 0 Å². The fourth-order valence-corrected chi connectivity index (χ4v) is 0.408. The van der Waals surface area contributed by atoms with Crippen LogP contribution >= 0.6 is 0 Å². The van der Waals surface area contributed by atoms with Gasteiger partial charge in [-0.15, -0.1) is 0 Å². The van der Waals surface area contributed by atoms with Crippen LogP contribution in [0.5, 0.6) is 0 Å². The van der Waals surface area contributed by atoms with E-state index in [4.69, 9.17) is 17.2 Å². The molecule has 0 aliphatic carbocycles. The highest BCUT2D eigenvalue weighted by Crippen LogP contribution is 1.77. The molecule has 3 nitrogen and oxygen atoms in total. The van der Waals surface area contributed by atoms with E-state index in [1.807, 2.05) is 0 Å². The van der Waals surface area contributed by atoms with Crippen LogP contribution in [-0.2, 0) is 0 Å². The Morgan fingerprint density at radius 1 is 0.571 bits per heavy atom. The summed E-state index contributed by atoms with van der Waals surface area (Å²) in [6.45, 7) is 8.83. The van der Waals surface area contributed by atoms with E-state index in [1.54, 1.807) is 0 Å². The van der Waals surface area contributed by atoms with E-state index in [2.05, 4.69) is 20.8 Å². The van der Waals surface area contributed by atoms with Crippen molar-refractivity contribution >= 4 is 0 Å². The molecule has 0 saturated carbocycles. The van der Waals surface area contributed by atoms with Crippen LogP contribution in [0.1, 0.15) is 52.9 Å². The molecule has 0 amide bonds. The highest BCUT2D eigenvalue weighted by molar-refractivity contribution is 4.29. The Hall–Kier alpha value is -0.120. The summed E-state index contributed by atoms with van der Waals surface area (Å²) in [4.78, 5) is 0.